The van der Waals surface area contributed by atoms with E-state index in [1.165, 1.54) is 17.3 Å². The first-order valence-corrected chi connectivity index (χ1v) is 10.1. The van der Waals surface area contributed by atoms with E-state index in [0.717, 1.165) is 10.0 Å². The Balaban J connectivity index is 2.05. The quantitative estimate of drug-likeness (QED) is 0.459. The Bertz CT molecular complexity index is 1070. The fourth-order valence-corrected chi connectivity index (χ4v) is 3.24. The Labute approximate surface area is 169 Å². The Morgan fingerprint density at radius 1 is 1.26 bits per heavy atom. The van der Waals surface area contributed by atoms with Crippen molar-refractivity contribution in [3.8, 4) is 23.1 Å². The molecule has 136 valence electrons. The molecule has 0 bridgehead atoms. The minimum Gasteiger partial charge on any atom is -0.488 e. The van der Waals surface area contributed by atoms with E-state index in [1.54, 1.807) is 12.1 Å². The number of ether oxygens (including phenoxy) is 1. The number of nitriles is 1. The van der Waals surface area contributed by atoms with Crippen molar-refractivity contribution in [3.63, 3.8) is 0 Å². The van der Waals surface area contributed by atoms with Crippen LogP contribution in [0.2, 0.25) is 0 Å². The van der Waals surface area contributed by atoms with E-state index < -0.39 is 5.56 Å². The fraction of sp³-hybridized carbons (Fsp3) is 0.150. The second kappa shape index (κ2) is 8.42. The zero-order valence-corrected chi connectivity index (χ0v) is 17.1. The zero-order chi connectivity index (χ0) is 19.4. The third-order valence-electron chi connectivity index (χ3n) is 3.91. The molecule has 1 heterocycles. The van der Waals surface area contributed by atoms with Gasteiger partial charge in [0.25, 0.3) is 5.56 Å². The maximum Gasteiger partial charge on any atom is 0.270 e. The number of nitrogens with zero attached hydrogens (tertiary/aromatic N) is 2. The fourth-order valence-electron chi connectivity index (χ4n) is 2.51. The summed E-state index contributed by atoms with van der Waals surface area (Å²) in [5.41, 5.74) is 2.61. The Morgan fingerprint density at radius 3 is 2.67 bits per heavy atom. The molecule has 1 N–H and O–H groups in total. The van der Waals surface area contributed by atoms with Gasteiger partial charge >= 0.3 is 0 Å². The van der Waals surface area contributed by atoms with Crippen LogP contribution in [0.4, 0.5) is 0 Å². The molecule has 1 aromatic heterocycles. The van der Waals surface area contributed by atoms with Crippen molar-refractivity contribution >= 4 is 27.7 Å². The van der Waals surface area contributed by atoms with E-state index in [0.29, 0.717) is 28.8 Å². The van der Waals surface area contributed by atoms with Crippen LogP contribution in [0, 0.1) is 18.3 Å². The number of hydrogen-bond acceptors (Lipinski definition) is 5. The molecule has 3 aromatic rings. The van der Waals surface area contributed by atoms with Gasteiger partial charge in [-0.25, -0.2) is 4.98 Å². The molecular formula is C20H16BrN3O2S. The molecule has 7 heteroatoms. The lowest BCUT2D eigenvalue weighted by atomic mass is 10.1. The van der Waals surface area contributed by atoms with Crippen LogP contribution in [0.3, 0.4) is 0 Å². The smallest absolute Gasteiger partial charge is 0.270 e. The van der Waals surface area contributed by atoms with Gasteiger partial charge in [-0.15, -0.1) is 0 Å². The predicted molar refractivity (Wildman–Crippen MR) is 110 cm³/mol. The standard InChI is InChI=1S/C20H16BrN3O2S/c1-12-3-5-13(6-4-12)11-26-17-8-7-14(21)9-15(17)18-16(10-22)19(25)24-20(23-18)27-2/h3-9H,11H2,1-2H3,(H,23,24,25). The number of aromatic nitrogens is 2. The third-order valence-corrected chi connectivity index (χ3v) is 4.99. The van der Waals surface area contributed by atoms with Gasteiger partial charge in [0.1, 0.15) is 29.7 Å². The van der Waals surface area contributed by atoms with Crippen LogP contribution >= 0.6 is 27.7 Å². The van der Waals surface area contributed by atoms with Crippen LogP contribution in [0.15, 0.2) is 56.9 Å². The first kappa shape index (κ1) is 19.2. The van der Waals surface area contributed by atoms with E-state index in [1.807, 2.05) is 49.6 Å². The van der Waals surface area contributed by atoms with Crippen molar-refractivity contribution in [2.75, 3.05) is 6.26 Å². The zero-order valence-electron chi connectivity index (χ0n) is 14.7. The van der Waals surface area contributed by atoms with Gasteiger partial charge in [0.05, 0.1) is 0 Å². The topological polar surface area (TPSA) is 78.8 Å². The van der Waals surface area contributed by atoms with E-state index in [9.17, 15) is 10.1 Å². The molecule has 0 saturated heterocycles. The van der Waals surface area contributed by atoms with E-state index >= 15 is 0 Å². The van der Waals surface area contributed by atoms with Gasteiger partial charge in [0.15, 0.2) is 5.16 Å². The molecule has 0 aliphatic carbocycles. The lowest BCUT2D eigenvalue weighted by Crippen LogP contribution is -2.15. The molecule has 5 nitrogen and oxygen atoms in total. The van der Waals surface area contributed by atoms with Crippen molar-refractivity contribution in [1.82, 2.24) is 9.97 Å². The number of aryl methyl sites for hydroxylation is 1. The van der Waals surface area contributed by atoms with Gasteiger partial charge in [-0.05, 0) is 36.9 Å². The molecule has 2 aromatic carbocycles. The first-order valence-electron chi connectivity index (χ1n) is 8.08. The molecule has 3 rings (SSSR count). The minimum atomic E-state index is -0.462. The molecule has 0 amide bonds. The average Bonchev–Trinajstić information content (AvgIpc) is 2.67. The lowest BCUT2D eigenvalue weighted by Gasteiger charge is -2.13. The molecule has 0 unspecified atom stereocenters. The number of rotatable bonds is 5. The summed E-state index contributed by atoms with van der Waals surface area (Å²) in [6.07, 6.45) is 1.81. The number of nitrogens with one attached hydrogen (secondary N) is 1. The highest BCUT2D eigenvalue weighted by Crippen LogP contribution is 2.33. The summed E-state index contributed by atoms with van der Waals surface area (Å²) in [7, 11) is 0. The van der Waals surface area contributed by atoms with E-state index in [2.05, 4.69) is 25.9 Å². The van der Waals surface area contributed by atoms with Crippen molar-refractivity contribution < 1.29 is 4.74 Å². The van der Waals surface area contributed by atoms with Gasteiger partial charge < -0.3 is 9.72 Å². The Hall–Kier alpha value is -2.56. The summed E-state index contributed by atoms with van der Waals surface area (Å²) in [6, 6.07) is 15.5. The van der Waals surface area contributed by atoms with Crippen LogP contribution in [0.5, 0.6) is 5.75 Å². The van der Waals surface area contributed by atoms with Crippen LogP contribution in [0.25, 0.3) is 11.3 Å². The summed E-state index contributed by atoms with van der Waals surface area (Å²) in [5.74, 6) is 0.556. The number of benzene rings is 2. The minimum absolute atomic E-state index is 0.0360. The van der Waals surface area contributed by atoms with Crippen LogP contribution in [0.1, 0.15) is 16.7 Å². The first-order chi connectivity index (χ1) is 13.0. The second-order valence-electron chi connectivity index (χ2n) is 5.83. The normalized spacial score (nSPS) is 10.4. The average molecular weight is 442 g/mol. The molecule has 0 radical (unpaired) electrons. The summed E-state index contributed by atoms with van der Waals surface area (Å²) >= 11 is 4.74. The number of H-pyrrole nitrogens is 1. The largest absolute Gasteiger partial charge is 0.488 e. The SMILES string of the molecule is CSc1nc(-c2cc(Br)ccc2OCc2ccc(C)cc2)c(C#N)c(=O)[nH]1. The summed E-state index contributed by atoms with van der Waals surface area (Å²) in [6.45, 7) is 2.40. The third kappa shape index (κ3) is 4.41. The van der Waals surface area contributed by atoms with Crippen molar-refractivity contribution in [2.45, 2.75) is 18.7 Å². The van der Waals surface area contributed by atoms with Crippen LogP contribution in [-0.2, 0) is 6.61 Å². The highest BCUT2D eigenvalue weighted by Gasteiger charge is 2.17. The number of halogens is 1. The highest BCUT2D eigenvalue weighted by molar-refractivity contribution is 9.10. The summed E-state index contributed by atoms with van der Waals surface area (Å²) in [5, 5.41) is 9.89. The van der Waals surface area contributed by atoms with E-state index in [-0.39, 0.29) is 5.56 Å². The summed E-state index contributed by atoms with van der Waals surface area (Å²) < 4.78 is 6.80. The lowest BCUT2D eigenvalue weighted by molar-refractivity contribution is 0.307. The highest BCUT2D eigenvalue weighted by atomic mass is 79.9. The van der Waals surface area contributed by atoms with Crippen molar-refractivity contribution in [3.05, 3.63) is 74.0 Å². The van der Waals surface area contributed by atoms with Gasteiger partial charge in [0, 0.05) is 10.0 Å². The molecule has 0 aliphatic rings. The van der Waals surface area contributed by atoms with Gasteiger partial charge in [-0.1, -0.05) is 57.5 Å². The molecule has 0 fully saturated rings. The number of aromatic amines is 1. The maximum absolute atomic E-state index is 12.2. The second-order valence-corrected chi connectivity index (χ2v) is 7.54. The summed E-state index contributed by atoms with van der Waals surface area (Å²) in [4.78, 5) is 19.3. The molecule has 0 spiro atoms. The van der Waals surface area contributed by atoms with Crippen molar-refractivity contribution in [1.29, 1.82) is 5.26 Å². The van der Waals surface area contributed by atoms with Gasteiger partial charge in [-0.3, -0.25) is 4.79 Å². The Kier molecular flexibility index (Phi) is 5.99. The van der Waals surface area contributed by atoms with Gasteiger partial charge in [0.2, 0.25) is 0 Å². The van der Waals surface area contributed by atoms with Crippen LogP contribution in [-0.4, -0.2) is 16.2 Å². The van der Waals surface area contributed by atoms with Crippen LogP contribution < -0.4 is 10.3 Å². The molecule has 0 atom stereocenters. The molecular weight excluding hydrogens is 426 g/mol. The van der Waals surface area contributed by atoms with Crippen molar-refractivity contribution in [2.24, 2.45) is 0 Å². The maximum atomic E-state index is 12.2. The molecule has 0 aliphatic heterocycles. The predicted octanol–water partition coefficient (Wildman–Crippen LogP) is 4.68. The number of thioether (sulfide) groups is 1. The monoisotopic (exact) mass is 441 g/mol. The molecule has 0 saturated carbocycles. The van der Waals surface area contributed by atoms with Gasteiger partial charge in [-0.2, -0.15) is 5.26 Å². The van der Waals surface area contributed by atoms with E-state index in [4.69, 9.17) is 4.74 Å². The Morgan fingerprint density at radius 2 is 2.00 bits per heavy atom. The number of hydrogen-bond donors (Lipinski definition) is 1. The molecule has 27 heavy (non-hydrogen) atoms.